The molecular formula is C11H8BrN. The average molecular weight is 234 g/mol. The maximum absolute atomic E-state index is 8.91. The van der Waals surface area contributed by atoms with Crippen LogP contribution in [0.25, 0.3) is 10.1 Å². The summed E-state index contributed by atoms with van der Waals surface area (Å²) in [6.07, 6.45) is 1.80. The Morgan fingerprint density at radius 3 is 2.54 bits per heavy atom. The fourth-order valence-electron chi connectivity index (χ4n) is 1.60. The summed E-state index contributed by atoms with van der Waals surface area (Å²) in [6.45, 7) is 0. The quantitative estimate of drug-likeness (QED) is 0.669. The van der Waals surface area contributed by atoms with Gasteiger partial charge in [-0.2, -0.15) is 5.26 Å². The fourth-order valence-corrected chi connectivity index (χ4v) is 2.15. The molecule has 0 N–H and O–H groups in total. The summed E-state index contributed by atoms with van der Waals surface area (Å²) in [4.78, 5) is 0. The number of nitriles is 1. The number of rotatable bonds is 0. The molecule has 0 bridgehead atoms. The number of nitrogens with zero attached hydrogens (tertiary/aromatic N) is 1. The van der Waals surface area contributed by atoms with E-state index in [9.17, 15) is 0 Å². The van der Waals surface area contributed by atoms with Crippen LogP contribution in [0.3, 0.4) is 0 Å². The highest BCUT2D eigenvalue weighted by atomic mass is 79.9. The van der Waals surface area contributed by atoms with Crippen molar-refractivity contribution in [2.24, 2.45) is 0 Å². The van der Waals surface area contributed by atoms with Gasteiger partial charge in [0.25, 0.3) is 0 Å². The highest BCUT2D eigenvalue weighted by Gasteiger charge is 2.07. The largest absolute Gasteiger partial charge is 0.193 e. The molecule has 2 heteroatoms. The predicted octanol–water partition coefficient (Wildman–Crippen LogP) is 1.66. The van der Waals surface area contributed by atoms with Gasteiger partial charge < -0.3 is 0 Å². The lowest BCUT2D eigenvalue weighted by molar-refractivity contribution is 1.08. The lowest BCUT2D eigenvalue weighted by atomic mass is 10.0. The molecule has 0 heterocycles. The third-order valence-electron chi connectivity index (χ3n) is 2.27. The minimum Gasteiger partial charge on any atom is -0.193 e. The van der Waals surface area contributed by atoms with E-state index in [2.05, 4.69) is 28.1 Å². The van der Waals surface area contributed by atoms with Gasteiger partial charge >= 0.3 is 0 Å². The van der Waals surface area contributed by atoms with E-state index >= 15 is 0 Å². The lowest BCUT2D eigenvalue weighted by Gasteiger charge is -2.07. The van der Waals surface area contributed by atoms with Crippen molar-refractivity contribution in [2.75, 3.05) is 0 Å². The Labute approximate surface area is 85.1 Å². The van der Waals surface area contributed by atoms with E-state index in [1.165, 1.54) is 9.70 Å². The zero-order chi connectivity index (χ0) is 9.26. The van der Waals surface area contributed by atoms with Crippen molar-refractivity contribution in [3.05, 3.63) is 34.7 Å². The van der Waals surface area contributed by atoms with Crippen LogP contribution >= 0.6 is 15.9 Å². The van der Waals surface area contributed by atoms with Crippen LogP contribution in [0.2, 0.25) is 0 Å². The van der Waals surface area contributed by atoms with Gasteiger partial charge in [-0.3, -0.25) is 0 Å². The zero-order valence-electron chi connectivity index (χ0n) is 7.05. The molecule has 2 rings (SSSR count). The summed E-state index contributed by atoms with van der Waals surface area (Å²) in [6, 6.07) is 10.3. The lowest BCUT2D eigenvalue weighted by Crippen LogP contribution is -2.30. The van der Waals surface area contributed by atoms with E-state index in [-0.39, 0.29) is 0 Å². The zero-order valence-corrected chi connectivity index (χ0v) is 8.63. The van der Waals surface area contributed by atoms with Crippen molar-refractivity contribution in [3.63, 3.8) is 0 Å². The van der Waals surface area contributed by atoms with Crippen LogP contribution in [0.4, 0.5) is 0 Å². The smallest absolute Gasteiger partial charge is 0.0953 e. The molecule has 0 fully saturated rings. The van der Waals surface area contributed by atoms with E-state index in [1.54, 1.807) is 0 Å². The topological polar surface area (TPSA) is 23.8 Å². The minimum absolute atomic E-state index is 0.855. The van der Waals surface area contributed by atoms with E-state index < -0.39 is 0 Å². The maximum Gasteiger partial charge on any atom is 0.0953 e. The van der Waals surface area contributed by atoms with Crippen LogP contribution in [0.15, 0.2) is 24.3 Å². The Kier molecular flexibility index (Phi) is 2.20. The first-order valence-corrected chi connectivity index (χ1v) is 4.99. The number of fused-ring (bicyclic) bond motifs is 1. The van der Waals surface area contributed by atoms with Crippen molar-refractivity contribution >= 4 is 26.0 Å². The Balaban J connectivity index is 2.96. The molecule has 13 heavy (non-hydrogen) atoms. The third kappa shape index (κ3) is 1.40. The summed E-state index contributed by atoms with van der Waals surface area (Å²) in [5.74, 6) is 0. The van der Waals surface area contributed by atoms with E-state index in [1.807, 2.05) is 18.2 Å². The van der Waals surface area contributed by atoms with Gasteiger partial charge in [0.2, 0.25) is 0 Å². The number of hydrogen-bond donors (Lipinski definition) is 0. The van der Waals surface area contributed by atoms with Gasteiger partial charge in [-0.1, -0.05) is 40.2 Å². The molecule has 1 aliphatic rings. The van der Waals surface area contributed by atoms with Crippen molar-refractivity contribution < 1.29 is 0 Å². The van der Waals surface area contributed by atoms with Crippen LogP contribution < -0.4 is 10.4 Å². The Morgan fingerprint density at radius 2 is 1.85 bits per heavy atom. The molecule has 64 valence electrons. The van der Waals surface area contributed by atoms with E-state index in [4.69, 9.17) is 5.26 Å². The molecule has 0 saturated heterocycles. The number of benzene rings is 1. The molecule has 1 aromatic rings. The summed E-state index contributed by atoms with van der Waals surface area (Å²) < 4.78 is 1.21. The summed E-state index contributed by atoms with van der Waals surface area (Å²) in [5.41, 5.74) is 0.902. The van der Waals surface area contributed by atoms with Crippen molar-refractivity contribution in [1.82, 2.24) is 0 Å². The SMILES string of the molecule is N#CC1=c2ccccc2=C(Br)CC1. The van der Waals surface area contributed by atoms with Crippen molar-refractivity contribution in [2.45, 2.75) is 12.8 Å². The monoisotopic (exact) mass is 233 g/mol. The molecule has 0 aromatic heterocycles. The maximum atomic E-state index is 8.91. The first-order chi connectivity index (χ1) is 6.33. The van der Waals surface area contributed by atoms with Gasteiger partial charge in [0, 0.05) is 10.1 Å². The summed E-state index contributed by atoms with van der Waals surface area (Å²) in [7, 11) is 0. The van der Waals surface area contributed by atoms with E-state index in [0.29, 0.717) is 0 Å². The molecule has 1 aromatic carbocycles. The Morgan fingerprint density at radius 1 is 1.15 bits per heavy atom. The van der Waals surface area contributed by atoms with E-state index in [0.717, 1.165) is 23.6 Å². The second-order valence-electron chi connectivity index (χ2n) is 3.04. The highest BCUT2D eigenvalue weighted by molar-refractivity contribution is 9.14. The van der Waals surface area contributed by atoms with Crippen LogP contribution in [-0.4, -0.2) is 0 Å². The third-order valence-corrected chi connectivity index (χ3v) is 3.10. The summed E-state index contributed by atoms with van der Waals surface area (Å²) >= 11 is 3.54. The van der Waals surface area contributed by atoms with Gasteiger partial charge in [0.1, 0.15) is 0 Å². The predicted molar refractivity (Wildman–Crippen MR) is 56.3 cm³/mol. The van der Waals surface area contributed by atoms with Gasteiger partial charge in [-0.15, -0.1) is 0 Å². The van der Waals surface area contributed by atoms with Crippen LogP contribution in [0.5, 0.6) is 0 Å². The molecule has 0 amide bonds. The van der Waals surface area contributed by atoms with Crippen molar-refractivity contribution in [1.29, 1.82) is 5.26 Å². The van der Waals surface area contributed by atoms with Crippen LogP contribution in [0.1, 0.15) is 12.8 Å². The molecule has 0 atom stereocenters. The summed E-state index contributed by atoms with van der Waals surface area (Å²) in [5, 5.41) is 11.2. The number of halogens is 1. The number of hydrogen-bond acceptors (Lipinski definition) is 1. The fraction of sp³-hybridized carbons (Fsp3) is 0.182. The first kappa shape index (κ1) is 8.52. The normalized spacial score (nSPS) is 15.1. The van der Waals surface area contributed by atoms with Crippen LogP contribution in [-0.2, 0) is 0 Å². The molecule has 0 radical (unpaired) electrons. The average Bonchev–Trinajstić information content (AvgIpc) is 2.19. The first-order valence-electron chi connectivity index (χ1n) is 4.20. The van der Waals surface area contributed by atoms with Crippen LogP contribution in [0, 0.1) is 11.3 Å². The van der Waals surface area contributed by atoms with Gasteiger partial charge in [-0.25, -0.2) is 0 Å². The standard InChI is InChI=1S/C11H8BrN/c12-11-6-5-8(7-13)9-3-1-2-4-10(9)11/h1-4H,5-6H2. The van der Waals surface area contributed by atoms with Gasteiger partial charge in [-0.05, 0) is 23.3 Å². The Hall–Kier alpha value is -1.07. The molecule has 0 saturated carbocycles. The van der Waals surface area contributed by atoms with Gasteiger partial charge in [0.15, 0.2) is 0 Å². The Bertz CT molecular complexity index is 494. The molecule has 1 nitrogen and oxygen atoms in total. The second-order valence-corrected chi connectivity index (χ2v) is 4.00. The molecule has 0 spiro atoms. The van der Waals surface area contributed by atoms with Crippen molar-refractivity contribution in [3.8, 4) is 6.07 Å². The second kappa shape index (κ2) is 3.35. The molecular weight excluding hydrogens is 226 g/mol. The molecule has 0 unspecified atom stereocenters. The minimum atomic E-state index is 0.855. The van der Waals surface area contributed by atoms with Gasteiger partial charge in [0.05, 0.1) is 6.07 Å². The highest BCUT2D eigenvalue weighted by Crippen LogP contribution is 2.18. The molecule has 0 aliphatic heterocycles. The molecule has 1 aliphatic carbocycles.